The minimum atomic E-state index is -0.848. The van der Waals surface area contributed by atoms with Crippen molar-refractivity contribution in [3.63, 3.8) is 0 Å². The molecule has 1 atom stereocenters. The van der Waals surface area contributed by atoms with E-state index in [2.05, 4.69) is 5.32 Å². The van der Waals surface area contributed by atoms with E-state index in [1.54, 1.807) is 6.92 Å². The topological polar surface area (TPSA) is 84.3 Å². The predicted molar refractivity (Wildman–Crippen MR) is 52.2 cm³/mol. The molecule has 1 rings (SSSR count). The zero-order valence-electron chi connectivity index (χ0n) is 7.53. The van der Waals surface area contributed by atoms with Gasteiger partial charge in [-0.15, -0.1) is 0 Å². The molecule has 4 nitrogen and oxygen atoms in total. The lowest BCUT2D eigenvalue weighted by Gasteiger charge is -2.09. The third kappa shape index (κ3) is 3.57. The van der Waals surface area contributed by atoms with Crippen LogP contribution in [0.5, 0.6) is 0 Å². The molecule has 5 N–H and O–H groups in total. The number of carboxylic acid groups (broad SMARTS) is 1. The molecule has 0 fully saturated rings. The van der Waals surface area contributed by atoms with Gasteiger partial charge in [0.2, 0.25) is 0 Å². The first-order valence-electron chi connectivity index (χ1n) is 3.74. The van der Waals surface area contributed by atoms with E-state index in [1.165, 1.54) is 0 Å². The molecular weight excluding hydrogens is 168 g/mol. The minimum Gasteiger partial charge on any atom is -0.480 e. The lowest BCUT2D eigenvalue weighted by molar-refractivity contribution is -0.137. The van der Waals surface area contributed by atoms with E-state index in [0.717, 1.165) is 5.69 Å². The number of carbonyl (C=O) groups is 1. The molecule has 0 aromatic heterocycles. The lowest BCUT2D eigenvalue weighted by Crippen LogP contribution is -2.25. The number of benzene rings is 1. The Morgan fingerprint density at radius 3 is 2.38 bits per heavy atom. The molecule has 0 saturated heterocycles. The maximum absolute atomic E-state index is 10.4. The van der Waals surface area contributed by atoms with Crippen LogP contribution in [-0.4, -0.2) is 17.1 Å². The molecule has 0 radical (unpaired) electrons. The monoisotopic (exact) mass is 182 g/mol. The fourth-order valence-electron chi connectivity index (χ4n) is 0.846. The Balaban J connectivity index is 0.00000144. The summed E-state index contributed by atoms with van der Waals surface area (Å²) in [5.74, 6) is -0.848. The molecular formula is C9H14N2O2. The van der Waals surface area contributed by atoms with Crippen molar-refractivity contribution in [2.45, 2.75) is 13.0 Å². The van der Waals surface area contributed by atoms with Gasteiger partial charge in [-0.05, 0) is 19.1 Å². The number of rotatable bonds is 3. The zero-order valence-corrected chi connectivity index (χ0v) is 7.53. The van der Waals surface area contributed by atoms with E-state index in [1.807, 2.05) is 30.3 Å². The number of para-hydroxylation sites is 1. The van der Waals surface area contributed by atoms with Gasteiger partial charge in [-0.3, -0.25) is 4.79 Å². The molecule has 0 aliphatic heterocycles. The highest BCUT2D eigenvalue weighted by atomic mass is 16.4. The summed E-state index contributed by atoms with van der Waals surface area (Å²) in [5.41, 5.74) is 0.826. The summed E-state index contributed by atoms with van der Waals surface area (Å²) >= 11 is 0. The number of anilines is 1. The zero-order chi connectivity index (χ0) is 8.97. The summed E-state index contributed by atoms with van der Waals surface area (Å²) in [7, 11) is 0. The highest BCUT2D eigenvalue weighted by Crippen LogP contribution is 2.06. The first kappa shape index (κ1) is 11.4. The number of nitrogens with one attached hydrogen (secondary N) is 1. The molecule has 1 aromatic rings. The van der Waals surface area contributed by atoms with Crippen molar-refractivity contribution in [1.82, 2.24) is 6.15 Å². The SMILES string of the molecule is CC(Nc1ccccc1)C(=O)O.N. The average Bonchev–Trinajstić information content (AvgIpc) is 2.06. The molecule has 0 bridgehead atoms. The molecule has 0 amide bonds. The molecule has 1 unspecified atom stereocenters. The predicted octanol–water partition coefficient (Wildman–Crippen LogP) is 1.73. The van der Waals surface area contributed by atoms with Gasteiger partial charge in [-0.1, -0.05) is 18.2 Å². The van der Waals surface area contributed by atoms with Crippen molar-refractivity contribution < 1.29 is 9.90 Å². The van der Waals surface area contributed by atoms with Crippen LogP contribution in [-0.2, 0) is 4.79 Å². The summed E-state index contributed by atoms with van der Waals surface area (Å²) in [6.45, 7) is 1.61. The fourth-order valence-corrected chi connectivity index (χ4v) is 0.846. The smallest absolute Gasteiger partial charge is 0.325 e. The first-order chi connectivity index (χ1) is 5.70. The molecule has 0 aliphatic carbocycles. The first-order valence-corrected chi connectivity index (χ1v) is 3.74. The van der Waals surface area contributed by atoms with Gasteiger partial charge < -0.3 is 16.6 Å². The minimum absolute atomic E-state index is 0. The van der Waals surface area contributed by atoms with Crippen molar-refractivity contribution in [3.8, 4) is 0 Å². The van der Waals surface area contributed by atoms with E-state index in [-0.39, 0.29) is 6.15 Å². The Bertz CT molecular complexity index is 262. The third-order valence-corrected chi connectivity index (χ3v) is 1.53. The second kappa shape index (κ2) is 5.16. The second-order valence-electron chi connectivity index (χ2n) is 2.57. The standard InChI is InChI=1S/C9H11NO2.H3N/c1-7(9(11)12)10-8-5-3-2-4-6-8;/h2-7,10H,1H3,(H,11,12);1H3. The summed E-state index contributed by atoms with van der Waals surface area (Å²) in [6.07, 6.45) is 0. The van der Waals surface area contributed by atoms with Crippen LogP contribution < -0.4 is 11.5 Å². The number of hydrogen-bond acceptors (Lipinski definition) is 3. The van der Waals surface area contributed by atoms with Gasteiger partial charge in [-0.2, -0.15) is 0 Å². The molecule has 0 saturated carbocycles. The van der Waals surface area contributed by atoms with Crippen LogP contribution in [0.3, 0.4) is 0 Å². The van der Waals surface area contributed by atoms with Crippen LogP contribution in [0.15, 0.2) is 30.3 Å². The maximum atomic E-state index is 10.4. The van der Waals surface area contributed by atoms with E-state index >= 15 is 0 Å². The molecule has 0 aliphatic rings. The van der Waals surface area contributed by atoms with Crippen molar-refractivity contribution in [2.24, 2.45) is 0 Å². The molecule has 13 heavy (non-hydrogen) atoms. The lowest BCUT2D eigenvalue weighted by atomic mass is 10.3. The van der Waals surface area contributed by atoms with E-state index in [4.69, 9.17) is 5.11 Å². The number of aliphatic carboxylic acids is 1. The Labute approximate surface area is 77.2 Å². The van der Waals surface area contributed by atoms with E-state index in [9.17, 15) is 4.79 Å². The van der Waals surface area contributed by atoms with Gasteiger partial charge in [0.1, 0.15) is 6.04 Å². The van der Waals surface area contributed by atoms with Crippen LogP contribution in [0.1, 0.15) is 6.92 Å². The summed E-state index contributed by atoms with van der Waals surface area (Å²) in [6, 6.07) is 8.72. The normalized spacial score (nSPS) is 11.2. The van der Waals surface area contributed by atoms with E-state index < -0.39 is 12.0 Å². The van der Waals surface area contributed by atoms with Crippen LogP contribution in [0, 0.1) is 0 Å². The van der Waals surface area contributed by atoms with Gasteiger partial charge in [0.05, 0.1) is 0 Å². The molecule has 4 heteroatoms. The second-order valence-corrected chi connectivity index (χ2v) is 2.57. The molecule has 72 valence electrons. The Hall–Kier alpha value is -1.55. The summed E-state index contributed by atoms with van der Waals surface area (Å²) in [5, 5.41) is 11.4. The summed E-state index contributed by atoms with van der Waals surface area (Å²) < 4.78 is 0. The molecule has 1 aromatic carbocycles. The van der Waals surface area contributed by atoms with Gasteiger partial charge in [0.15, 0.2) is 0 Å². The highest BCUT2D eigenvalue weighted by Gasteiger charge is 2.08. The van der Waals surface area contributed by atoms with Crippen LogP contribution in [0.2, 0.25) is 0 Å². The quantitative estimate of drug-likeness (QED) is 0.664. The van der Waals surface area contributed by atoms with Crippen LogP contribution in [0.4, 0.5) is 5.69 Å². The number of hydrogen-bond donors (Lipinski definition) is 3. The Morgan fingerprint density at radius 1 is 1.38 bits per heavy atom. The van der Waals surface area contributed by atoms with Crippen molar-refractivity contribution >= 4 is 11.7 Å². The van der Waals surface area contributed by atoms with Gasteiger partial charge >= 0.3 is 5.97 Å². The van der Waals surface area contributed by atoms with Crippen molar-refractivity contribution in [2.75, 3.05) is 5.32 Å². The van der Waals surface area contributed by atoms with E-state index in [0.29, 0.717) is 0 Å². The average molecular weight is 182 g/mol. The number of carboxylic acids is 1. The van der Waals surface area contributed by atoms with Crippen LogP contribution >= 0.6 is 0 Å². The highest BCUT2D eigenvalue weighted by molar-refractivity contribution is 5.76. The fraction of sp³-hybridized carbons (Fsp3) is 0.222. The molecule has 0 spiro atoms. The molecule has 0 heterocycles. The largest absolute Gasteiger partial charge is 0.480 e. The third-order valence-electron chi connectivity index (χ3n) is 1.53. The van der Waals surface area contributed by atoms with Gasteiger partial charge in [0.25, 0.3) is 0 Å². The summed E-state index contributed by atoms with van der Waals surface area (Å²) in [4.78, 5) is 10.4. The maximum Gasteiger partial charge on any atom is 0.325 e. The van der Waals surface area contributed by atoms with Gasteiger partial charge in [-0.25, -0.2) is 0 Å². The Morgan fingerprint density at radius 2 is 1.92 bits per heavy atom. The van der Waals surface area contributed by atoms with Crippen molar-refractivity contribution in [1.29, 1.82) is 0 Å². The van der Waals surface area contributed by atoms with Crippen molar-refractivity contribution in [3.05, 3.63) is 30.3 Å². The Kier molecular flexibility index (Phi) is 4.54. The van der Waals surface area contributed by atoms with Gasteiger partial charge in [0, 0.05) is 5.69 Å². The van der Waals surface area contributed by atoms with Crippen LogP contribution in [0.25, 0.3) is 0 Å².